The van der Waals surface area contributed by atoms with Crippen LogP contribution in [-0.4, -0.2) is 50.1 Å². The summed E-state index contributed by atoms with van der Waals surface area (Å²) in [5.74, 6) is -0.124. The highest BCUT2D eigenvalue weighted by Gasteiger charge is 2.36. The Kier molecular flexibility index (Phi) is 5.85. The molecular formula is C16H21ClN2O4. The fourth-order valence-corrected chi connectivity index (χ4v) is 2.85. The summed E-state index contributed by atoms with van der Waals surface area (Å²) in [6.07, 6.45) is 0.197. The standard InChI is InChI=1S/C16H21ClN2O4/c1-10(9-22-2)19-8-11(6-15(19)20)16(21)18-13-7-12(17)4-5-14(13)23-3/h4-5,7,10-11H,6,8-9H2,1-3H3,(H,18,21)/t10-,11+/m0/s1. The highest BCUT2D eigenvalue weighted by molar-refractivity contribution is 6.31. The average molecular weight is 341 g/mol. The molecule has 126 valence electrons. The van der Waals surface area contributed by atoms with Gasteiger partial charge in [0, 0.05) is 25.1 Å². The number of hydrogen-bond donors (Lipinski definition) is 1. The highest BCUT2D eigenvalue weighted by atomic mass is 35.5. The largest absolute Gasteiger partial charge is 0.495 e. The third-order valence-electron chi connectivity index (χ3n) is 3.89. The van der Waals surface area contributed by atoms with Gasteiger partial charge in [0.2, 0.25) is 11.8 Å². The van der Waals surface area contributed by atoms with Crippen molar-refractivity contribution in [1.82, 2.24) is 4.90 Å². The second-order valence-corrected chi connectivity index (χ2v) is 6.02. The zero-order valence-corrected chi connectivity index (χ0v) is 14.2. The summed E-state index contributed by atoms with van der Waals surface area (Å²) in [7, 11) is 3.11. The van der Waals surface area contributed by atoms with Crippen molar-refractivity contribution >= 4 is 29.1 Å². The number of methoxy groups -OCH3 is 2. The zero-order valence-electron chi connectivity index (χ0n) is 13.5. The Hall–Kier alpha value is -1.79. The number of amides is 2. The molecule has 1 saturated heterocycles. The summed E-state index contributed by atoms with van der Waals surface area (Å²) >= 11 is 5.96. The molecule has 0 unspecified atom stereocenters. The molecule has 1 aliphatic heterocycles. The van der Waals surface area contributed by atoms with Crippen molar-refractivity contribution in [3.8, 4) is 5.75 Å². The molecule has 0 spiro atoms. The van der Waals surface area contributed by atoms with Gasteiger partial charge in [-0.1, -0.05) is 11.6 Å². The quantitative estimate of drug-likeness (QED) is 0.861. The molecule has 1 N–H and O–H groups in total. The van der Waals surface area contributed by atoms with Gasteiger partial charge >= 0.3 is 0 Å². The first-order chi connectivity index (χ1) is 11.0. The second-order valence-electron chi connectivity index (χ2n) is 5.59. The average Bonchev–Trinajstić information content (AvgIpc) is 2.90. The number of carbonyl (C=O) groups excluding carboxylic acids is 2. The van der Waals surface area contributed by atoms with Gasteiger partial charge in [-0.15, -0.1) is 0 Å². The topological polar surface area (TPSA) is 67.9 Å². The number of ether oxygens (including phenoxy) is 2. The summed E-state index contributed by atoms with van der Waals surface area (Å²) < 4.78 is 10.3. The van der Waals surface area contributed by atoms with Crippen LogP contribution < -0.4 is 10.1 Å². The van der Waals surface area contributed by atoms with Crippen molar-refractivity contribution in [2.45, 2.75) is 19.4 Å². The Balaban J connectivity index is 2.05. The Morgan fingerprint density at radius 2 is 2.22 bits per heavy atom. The molecule has 1 aromatic carbocycles. The molecule has 1 aromatic rings. The predicted octanol–water partition coefficient (Wildman–Crippen LogP) is 2.17. The van der Waals surface area contributed by atoms with Crippen LogP contribution in [0.4, 0.5) is 5.69 Å². The molecule has 1 fully saturated rings. The molecule has 2 rings (SSSR count). The fraction of sp³-hybridized carbons (Fsp3) is 0.500. The number of benzene rings is 1. The van der Waals surface area contributed by atoms with E-state index >= 15 is 0 Å². The van der Waals surface area contributed by atoms with Crippen molar-refractivity contribution in [1.29, 1.82) is 0 Å². The molecule has 2 amide bonds. The van der Waals surface area contributed by atoms with Gasteiger partial charge in [-0.25, -0.2) is 0 Å². The van der Waals surface area contributed by atoms with Gasteiger partial charge in [0.1, 0.15) is 5.75 Å². The molecule has 2 atom stereocenters. The van der Waals surface area contributed by atoms with Crippen LogP contribution in [0, 0.1) is 5.92 Å². The molecule has 0 aromatic heterocycles. The first-order valence-electron chi connectivity index (χ1n) is 7.39. The van der Waals surface area contributed by atoms with E-state index in [1.807, 2.05) is 6.92 Å². The van der Waals surface area contributed by atoms with Crippen molar-refractivity contribution in [3.05, 3.63) is 23.2 Å². The van der Waals surface area contributed by atoms with E-state index in [1.54, 1.807) is 30.2 Å². The van der Waals surface area contributed by atoms with Gasteiger partial charge in [0.15, 0.2) is 0 Å². The zero-order chi connectivity index (χ0) is 17.0. The summed E-state index contributed by atoms with van der Waals surface area (Å²) in [4.78, 5) is 26.2. The number of rotatable bonds is 6. The van der Waals surface area contributed by atoms with Crippen LogP contribution in [0.15, 0.2) is 18.2 Å². The first kappa shape index (κ1) is 17.6. The highest BCUT2D eigenvalue weighted by Crippen LogP contribution is 2.29. The normalized spacial score (nSPS) is 18.9. The van der Waals surface area contributed by atoms with Crippen molar-refractivity contribution < 1.29 is 19.1 Å². The lowest BCUT2D eigenvalue weighted by Gasteiger charge is -2.24. The lowest BCUT2D eigenvalue weighted by Crippen LogP contribution is -2.38. The minimum atomic E-state index is -0.398. The third kappa shape index (κ3) is 4.14. The Morgan fingerprint density at radius 3 is 2.87 bits per heavy atom. The summed E-state index contributed by atoms with van der Waals surface area (Å²) in [6.45, 7) is 2.74. The van der Waals surface area contributed by atoms with E-state index in [0.29, 0.717) is 29.6 Å². The van der Waals surface area contributed by atoms with Crippen LogP contribution in [0.3, 0.4) is 0 Å². The van der Waals surface area contributed by atoms with Gasteiger partial charge in [-0.05, 0) is 25.1 Å². The molecule has 1 heterocycles. The van der Waals surface area contributed by atoms with E-state index in [1.165, 1.54) is 7.11 Å². The molecule has 0 radical (unpaired) electrons. The fourth-order valence-electron chi connectivity index (χ4n) is 2.68. The summed E-state index contributed by atoms with van der Waals surface area (Å²) in [6, 6.07) is 4.94. The minimum Gasteiger partial charge on any atom is -0.495 e. The van der Waals surface area contributed by atoms with E-state index in [4.69, 9.17) is 21.1 Å². The molecular weight excluding hydrogens is 320 g/mol. The number of nitrogens with one attached hydrogen (secondary N) is 1. The van der Waals surface area contributed by atoms with E-state index in [-0.39, 0.29) is 24.3 Å². The van der Waals surface area contributed by atoms with Gasteiger partial charge in [0.05, 0.1) is 31.4 Å². The first-order valence-corrected chi connectivity index (χ1v) is 7.76. The minimum absolute atomic E-state index is 0.0345. The number of nitrogens with zero attached hydrogens (tertiary/aromatic N) is 1. The molecule has 6 nitrogen and oxygen atoms in total. The van der Waals surface area contributed by atoms with Gasteiger partial charge < -0.3 is 19.7 Å². The molecule has 7 heteroatoms. The van der Waals surface area contributed by atoms with Crippen LogP contribution >= 0.6 is 11.6 Å². The maximum Gasteiger partial charge on any atom is 0.229 e. The number of halogens is 1. The summed E-state index contributed by atoms with van der Waals surface area (Å²) in [5.41, 5.74) is 0.501. The molecule has 0 aliphatic carbocycles. The van der Waals surface area contributed by atoms with Crippen LogP contribution in [0.2, 0.25) is 5.02 Å². The van der Waals surface area contributed by atoms with E-state index < -0.39 is 5.92 Å². The van der Waals surface area contributed by atoms with Crippen LogP contribution in [0.5, 0.6) is 5.75 Å². The lowest BCUT2D eigenvalue weighted by atomic mass is 10.1. The van der Waals surface area contributed by atoms with Crippen LogP contribution in [0.1, 0.15) is 13.3 Å². The molecule has 0 bridgehead atoms. The Morgan fingerprint density at radius 1 is 1.48 bits per heavy atom. The molecule has 1 aliphatic rings. The maximum absolute atomic E-state index is 12.4. The second kappa shape index (κ2) is 7.66. The maximum atomic E-state index is 12.4. The van der Waals surface area contributed by atoms with Crippen LogP contribution in [-0.2, 0) is 14.3 Å². The Labute approximate surface area is 140 Å². The van der Waals surface area contributed by atoms with E-state index in [9.17, 15) is 9.59 Å². The van der Waals surface area contributed by atoms with E-state index in [0.717, 1.165) is 0 Å². The van der Waals surface area contributed by atoms with Crippen molar-refractivity contribution in [2.75, 3.05) is 32.7 Å². The van der Waals surface area contributed by atoms with Gasteiger partial charge in [0.25, 0.3) is 0 Å². The third-order valence-corrected chi connectivity index (χ3v) is 4.12. The predicted molar refractivity (Wildman–Crippen MR) is 87.8 cm³/mol. The van der Waals surface area contributed by atoms with E-state index in [2.05, 4.69) is 5.32 Å². The van der Waals surface area contributed by atoms with Gasteiger partial charge in [-0.2, -0.15) is 0 Å². The lowest BCUT2D eigenvalue weighted by molar-refractivity contribution is -0.130. The monoisotopic (exact) mass is 340 g/mol. The summed E-state index contributed by atoms with van der Waals surface area (Å²) in [5, 5.41) is 3.30. The number of carbonyl (C=O) groups is 2. The number of anilines is 1. The smallest absolute Gasteiger partial charge is 0.229 e. The Bertz CT molecular complexity index is 593. The van der Waals surface area contributed by atoms with Gasteiger partial charge in [-0.3, -0.25) is 9.59 Å². The van der Waals surface area contributed by atoms with Crippen molar-refractivity contribution in [2.24, 2.45) is 5.92 Å². The number of hydrogen-bond acceptors (Lipinski definition) is 4. The van der Waals surface area contributed by atoms with Crippen LogP contribution in [0.25, 0.3) is 0 Å². The number of likely N-dealkylation sites (tertiary alicyclic amines) is 1. The SMILES string of the molecule is COC[C@H](C)N1C[C@H](C(=O)Nc2cc(Cl)ccc2OC)CC1=O. The molecule has 23 heavy (non-hydrogen) atoms. The van der Waals surface area contributed by atoms with Crippen molar-refractivity contribution in [3.63, 3.8) is 0 Å². The molecule has 0 saturated carbocycles.